The van der Waals surface area contributed by atoms with Gasteiger partial charge in [-0.3, -0.25) is 4.79 Å². The van der Waals surface area contributed by atoms with Crippen molar-refractivity contribution in [3.8, 4) is 11.5 Å². The summed E-state index contributed by atoms with van der Waals surface area (Å²) in [5.41, 5.74) is 0.725. The van der Waals surface area contributed by atoms with Gasteiger partial charge in [0, 0.05) is 0 Å². The Labute approximate surface area is 93.8 Å². The monoisotopic (exact) mass is 222 g/mol. The molecule has 2 rings (SSSR count). The van der Waals surface area contributed by atoms with Crippen molar-refractivity contribution in [2.24, 2.45) is 5.92 Å². The summed E-state index contributed by atoms with van der Waals surface area (Å²) in [5.74, 6) is 0.745. The lowest BCUT2D eigenvalue weighted by Gasteiger charge is -2.09. The average molecular weight is 222 g/mol. The minimum atomic E-state index is -0.199. The molecule has 16 heavy (non-hydrogen) atoms. The Bertz CT molecular complexity index is 396. The normalized spacial score (nSPS) is 14.6. The maximum Gasteiger partial charge on any atom is 0.314 e. The molecular formula is C12H14O4. The molecule has 1 N–H and O–H groups in total. The van der Waals surface area contributed by atoms with Gasteiger partial charge in [-0.05, 0) is 30.5 Å². The molecule has 1 fully saturated rings. The molecule has 0 aliphatic heterocycles. The zero-order valence-electron chi connectivity index (χ0n) is 9.10. The van der Waals surface area contributed by atoms with Gasteiger partial charge in [0.15, 0.2) is 11.5 Å². The maximum absolute atomic E-state index is 11.5. The second-order valence-corrected chi connectivity index (χ2v) is 3.84. The predicted octanol–water partition coefficient (Wildman–Crippen LogP) is 1.50. The van der Waals surface area contributed by atoms with Crippen molar-refractivity contribution in [1.82, 2.24) is 0 Å². The van der Waals surface area contributed by atoms with Crippen LogP contribution in [0.2, 0.25) is 0 Å². The van der Waals surface area contributed by atoms with Crippen LogP contribution in [0.25, 0.3) is 0 Å². The lowest BCUT2D eigenvalue weighted by atomic mass is 10.2. The number of aliphatic hydroxyl groups is 1. The predicted molar refractivity (Wildman–Crippen MR) is 57.3 cm³/mol. The zero-order chi connectivity index (χ0) is 11.5. The summed E-state index contributed by atoms with van der Waals surface area (Å²) in [6, 6.07) is 5.01. The van der Waals surface area contributed by atoms with E-state index in [-0.39, 0.29) is 18.5 Å². The first-order valence-electron chi connectivity index (χ1n) is 5.24. The molecule has 4 nitrogen and oxygen atoms in total. The Morgan fingerprint density at radius 2 is 2.19 bits per heavy atom. The molecule has 1 aromatic rings. The molecule has 0 spiro atoms. The lowest BCUT2D eigenvalue weighted by Crippen LogP contribution is -2.10. The molecule has 4 heteroatoms. The fourth-order valence-corrected chi connectivity index (χ4v) is 1.41. The van der Waals surface area contributed by atoms with E-state index in [4.69, 9.17) is 14.6 Å². The first kappa shape index (κ1) is 11.0. The van der Waals surface area contributed by atoms with E-state index in [0.29, 0.717) is 11.5 Å². The number of carbonyl (C=O) groups is 1. The van der Waals surface area contributed by atoms with Crippen LogP contribution in [0.1, 0.15) is 18.4 Å². The van der Waals surface area contributed by atoms with E-state index in [1.165, 1.54) is 7.11 Å². The summed E-state index contributed by atoms with van der Waals surface area (Å²) in [4.78, 5) is 11.5. The molecule has 0 bridgehead atoms. The first-order valence-corrected chi connectivity index (χ1v) is 5.24. The molecule has 0 aromatic heterocycles. The number of hydrogen-bond acceptors (Lipinski definition) is 4. The lowest BCUT2D eigenvalue weighted by molar-refractivity contribution is -0.135. The summed E-state index contributed by atoms with van der Waals surface area (Å²) in [6.45, 7) is -0.0623. The van der Waals surface area contributed by atoms with Crippen molar-refractivity contribution in [2.75, 3.05) is 7.11 Å². The van der Waals surface area contributed by atoms with Gasteiger partial charge in [-0.15, -0.1) is 0 Å². The van der Waals surface area contributed by atoms with Gasteiger partial charge in [-0.1, -0.05) is 6.07 Å². The van der Waals surface area contributed by atoms with Gasteiger partial charge in [0.1, 0.15) is 0 Å². The number of carbonyl (C=O) groups excluding carboxylic acids is 1. The van der Waals surface area contributed by atoms with Crippen LogP contribution in [-0.4, -0.2) is 18.2 Å². The number of rotatable bonds is 4. The molecule has 1 aliphatic rings. The molecule has 0 atom stereocenters. The van der Waals surface area contributed by atoms with Gasteiger partial charge >= 0.3 is 5.97 Å². The van der Waals surface area contributed by atoms with Crippen LogP contribution in [0.4, 0.5) is 0 Å². The number of benzene rings is 1. The highest BCUT2D eigenvalue weighted by molar-refractivity contribution is 5.78. The molecule has 0 radical (unpaired) electrons. The second kappa shape index (κ2) is 4.53. The molecule has 0 amide bonds. The van der Waals surface area contributed by atoms with Crippen LogP contribution in [0, 0.1) is 5.92 Å². The fourth-order valence-electron chi connectivity index (χ4n) is 1.41. The van der Waals surface area contributed by atoms with Crippen LogP contribution in [0.5, 0.6) is 11.5 Å². The molecule has 0 heterocycles. The van der Waals surface area contributed by atoms with E-state index >= 15 is 0 Å². The summed E-state index contributed by atoms with van der Waals surface area (Å²) < 4.78 is 10.3. The van der Waals surface area contributed by atoms with E-state index < -0.39 is 0 Å². The number of hydrogen-bond donors (Lipinski definition) is 1. The minimum Gasteiger partial charge on any atom is -0.493 e. The van der Waals surface area contributed by atoms with E-state index in [1.54, 1.807) is 18.2 Å². The average Bonchev–Trinajstić information content (AvgIpc) is 3.13. The maximum atomic E-state index is 11.5. The summed E-state index contributed by atoms with van der Waals surface area (Å²) >= 11 is 0. The van der Waals surface area contributed by atoms with E-state index in [0.717, 1.165) is 18.4 Å². The molecule has 86 valence electrons. The van der Waals surface area contributed by atoms with E-state index in [2.05, 4.69) is 0 Å². The Hall–Kier alpha value is -1.55. The molecule has 0 saturated heterocycles. The first-order chi connectivity index (χ1) is 7.74. The quantitative estimate of drug-likeness (QED) is 0.619. The second-order valence-electron chi connectivity index (χ2n) is 3.84. The molecule has 1 aromatic carbocycles. The molecular weight excluding hydrogens is 208 g/mol. The topological polar surface area (TPSA) is 55.8 Å². The smallest absolute Gasteiger partial charge is 0.314 e. The minimum absolute atomic E-state index is 0.0576. The van der Waals surface area contributed by atoms with Crippen molar-refractivity contribution in [1.29, 1.82) is 0 Å². The van der Waals surface area contributed by atoms with Gasteiger partial charge in [0.25, 0.3) is 0 Å². The highest BCUT2D eigenvalue weighted by Crippen LogP contribution is 2.34. The Kier molecular flexibility index (Phi) is 3.10. The van der Waals surface area contributed by atoms with Crippen LogP contribution < -0.4 is 9.47 Å². The Morgan fingerprint density at radius 1 is 1.44 bits per heavy atom. The third-order valence-electron chi connectivity index (χ3n) is 2.53. The van der Waals surface area contributed by atoms with Gasteiger partial charge in [-0.25, -0.2) is 0 Å². The van der Waals surface area contributed by atoms with Crippen molar-refractivity contribution in [2.45, 2.75) is 19.4 Å². The molecule has 0 unspecified atom stereocenters. The van der Waals surface area contributed by atoms with Gasteiger partial charge in [-0.2, -0.15) is 0 Å². The number of methoxy groups -OCH3 is 1. The van der Waals surface area contributed by atoms with Crippen LogP contribution in [-0.2, 0) is 11.4 Å². The van der Waals surface area contributed by atoms with Gasteiger partial charge in [0.2, 0.25) is 0 Å². The van der Waals surface area contributed by atoms with Gasteiger partial charge in [0.05, 0.1) is 19.6 Å². The third-order valence-corrected chi connectivity index (χ3v) is 2.53. The zero-order valence-corrected chi connectivity index (χ0v) is 9.10. The Morgan fingerprint density at radius 3 is 2.75 bits per heavy atom. The fraction of sp³-hybridized carbons (Fsp3) is 0.417. The van der Waals surface area contributed by atoms with Crippen LogP contribution in [0.3, 0.4) is 0 Å². The standard InChI is InChI=1S/C12H14O4/c1-15-11-6-8(7-13)2-5-10(11)16-12(14)9-3-4-9/h2,5-6,9,13H,3-4,7H2,1H3. The Balaban J connectivity index is 2.15. The number of esters is 1. The van der Waals surface area contributed by atoms with Crippen LogP contribution >= 0.6 is 0 Å². The number of aliphatic hydroxyl groups excluding tert-OH is 1. The van der Waals surface area contributed by atoms with Crippen molar-refractivity contribution in [3.63, 3.8) is 0 Å². The molecule has 1 aliphatic carbocycles. The van der Waals surface area contributed by atoms with Crippen LogP contribution in [0.15, 0.2) is 18.2 Å². The van der Waals surface area contributed by atoms with Gasteiger partial charge < -0.3 is 14.6 Å². The van der Waals surface area contributed by atoms with Crippen molar-refractivity contribution in [3.05, 3.63) is 23.8 Å². The highest BCUT2D eigenvalue weighted by atomic mass is 16.6. The number of ether oxygens (including phenoxy) is 2. The molecule has 1 saturated carbocycles. The van der Waals surface area contributed by atoms with Crippen molar-refractivity contribution >= 4 is 5.97 Å². The highest BCUT2D eigenvalue weighted by Gasteiger charge is 2.32. The van der Waals surface area contributed by atoms with E-state index in [1.807, 2.05) is 0 Å². The third kappa shape index (κ3) is 2.33. The van der Waals surface area contributed by atoms with Crippen molar-refractivity contribution < 1.29 is 19.4 Å². The largest absolute Gasteiger partial charge is 0.493 e. The summed E-state index contributed by atoms with van der Waals surface area (Å²) in [7, 11) is 1.50. The van der Waals surface area contributed by atoms with E-state index in [9.17, 15) is 4.79 Å². The SMILES string of the molecule is COc1cc(CO)ccc1OC(=O)C1CC1. The summed E-state index contributed by atoms with van der Waals surface area (Å²) in [6.07, 6.45) is 1.83. The summed E-state index contributed by atoms with van der Waals surface area (Å²) in [5, 5.41) is 8.97.